The van der Waals surface area contributed by atoms with Crippen LogP contribution in [0.4, 0.5) is 0 Å². The molecule has 6 nitrogen and oxygen atoms in total. The van der Waals surface area contributed by atoms with E-state index < -0.39 is 5.97 Å². The zero-order valence-electron chi connectivity index (χ0n) is 17.8. The molecule has 0 aliphatic heterocycles. The maximum atomic E-state index is 12.8. The van der Waals surface area contributed by atoms with Crippen LogP contribution in [0.25, 0.3) is 16.6 Å². The molecule has 0 fully saturated rings. The number of benzene rings is 3. The summed E-state index contributed by atoms with van der Waals surface area (Å²) < 4.78 is 1.71. The molecule has 3 aromatic carbocycles. The predicted molar refractivity (Wildman–Crippen MR) is 131 cm³/mol. The van der Waals surface area contributed by atoms with Gasteiger partial charge in [0.05, 0.1) is 31.7 Å². The highest BCUT2D eigenvalue weighted by atomic mass is 35.5. The van der Waals surface area contributed by atoms with Crippen molar-refractivity contribution in [2.45, 2.75) is 16.8 Å². The third kappa shape index (κ3) is 4.57. The van der Waals surface area contributed by atoms with Crippen LogP contribution in [0, 0.1) is 0 Å². The molecule has 1 heterocycles. The molecule has 1 aromatic heterocycles. The topological polar surface area (TPSA) is 75.4 Å². The van der Waals surface area contributed by atoms with Crippen LogP contribution in [0.5, 0.6) is 0 Å². The summed E-state index contributed by atoms with van der Waals surface area (Å²) in [6.45, 7) is 2.50. The van der Waals surface area contributed by atoms with Crippen LogP contribution in [0.2, 0.25) is 10.0 Å². The molecule has 0 spiro atoms. The van der Waals surface area contributed by atoms with E-state index in [1.165, 1.54) is 23.9 Å². The van der Waals surface area contributed by atoms with Crippen molar-refractivity contribution in [3.05, 3.63) is 81.8 Å². The summed E-state index contributed by atoms with van der Waals surface area (Å²) in [5.41, 5.74) is 2.18. The summed E-state index contributed by atoms with van der Waals surface area (Å²) in [5, 5.41) is 16.3. The summed E-state index contributed by atoms with van der Waals surface area (Å²) in [7, 11) is 1.75. The summed E-state index contributed by atoms with van der Waals surface area (Å²) >= 11 is 14.1. The number of carbonyl (C=O) groups is 2. The van der Waals surface area contributed by atoms with Crippen LogP contribution >= 0.6 is 35.0 Å². The van der Waals surface area contributed by atoms with E-state index in [0.29, 0.717) is 37.8 Å². The average molecular weight is 500 g/mol. The number of carboxylic acid groups (broad SMARTS) is 1. The fourth-order valence-electron chi connectivity index (χ4n) is 3.28. The Bertz CT molecular complexity index is 1350. The van der Waals surface area contributed by atoms with Gasteiger partial charge in [-0.25, -0.2) is 9.48 Å². The van der Waals surface area contributed by atoms with Crippen LogP contribution in [-0.2, 0) is 0 Å². The third-order valence-corrected chi connectivity index (χ3v) is 7.18. The molecule has 1 amide bonds. The summed E-state index contributed by atoms with van der Waals surface area (Å²) in [5.74, 6) is -1.09. The maximum absolute atomic E-state index is 12.8. The van der Waals surface area contributed by atoms with Gasteiger partial charge in [-0.15, -0.1) is 0 Å². The molecule has 168 valence electrons. The van der Waals surface area contributed by atoms with Gasteiger partial charge in [0.1, 0.15) is 5.03 Å². The fourth-order valence-corrected chi connectivity index (χ4v) is 4.83. The largest absolute Gasteiger partial charge is 0.478 e. The highest BCUT2D eigenvalue weighted by molar-refractivity contribution is 7.99. The van der Waals surface area contributed by atoms with E-state index in [0.717, 1.165) is 10.9 Å². The Morgan fingerprint density at radius 3 is 2.27 bits per heavy atom. The Morgan fingerprint density at radius 1 is 1.03 bits per heavy atom. The number of aromatic carboxylic acids is 1. The van der Waals surface area contributed by atoms with Gasteiger partial charge in [0.2, 0.25) is 0 Å². The lowest BCUT2D eigenvalue weighted by atomic mass is 10.1. The van der Waals surface area contributed by atoms with E-state index in [1.54, 1.807) is 53.0 Å². The van der Waals surface area contributed by atoms with E-state index in [9.17, 15) is 14.7 Å². The SMILES string of the molecule is CCN(C)C(=O)c1ccc2c(c1)c(Sc1c(Cl)cccc1Cl)nn2-c1ccc(C(=O)O)cc1. The van der Waals surface area contributed by atoms with Crippen molar-refractivity contribution >= 4 is 57.7 Å². The van der Waals surface area contributed by atoms with Crippen LogP contribution in [0.3, 0.4) is 0 Å². The number of hydrogen-bond donors (Lipinski definition) is 1. The molecule has 0 bridgehead atoms. The summed E-state index contributed by atoms with van der Waals surface area (Å²) in [6.07, 6.45) is 0. The maximum Gasteiger partial charge on any atom is 0.335 e. The molecule has 0 radical (unpaired) electrons. The van der Waals surface area contributed by atoms with Crippen molar-refractivity contribution in [3.8, 4) is 5.69 Å². The molecule has 0 saturated carbocycles. The lowest BCUT2D eigenvalue weighted by molar-refractivity contribution is 0.0696. The molecule has 9 heteroatoms. The minimum Gasteiger partial charge on any atom is -0.478 e. The fraction of sp³-hybridized carbons (Fsp3) is 0.125. The third-order valence-electron chi connectivity index (χ3n) is 5.19. The van der Waals surface area contributed by atoms with Gasteiger partial charge >= 0.3 is 5.97 Å². The molecular weight excluding hydrogens is 481 g/mol. The van der Waals surface area contributed by atoms with Gasteiger partial charge in [-0.2, -0.15) is 5.10 Å². The van der Waals surface area contributed by atoms with Crippen LogP contribution < -0.4 is 0 Å². The molecule has 33 heavy (non-hydrogen) atoms. The first-order chi connectivity index (χ1) is 15.8. The van der Waals surface area contributed by atoms with Gasteiger partial charge in [0.15, 0.2) is 0 Å². The first-order valence-electron chi connectivity index (χ1n) is 10.0. The Morgan fingerprint density at radius 2 is 1.67 bits per heavy atom. The van der Waals surface area contributed by atoms with Gasteiger partial charge in [-0.05, 0) is 61.5 Å². The van der Waals surface area contributed by atoms with E-state index in [2.05, 4.69) is 0 Å². The van der Waals surface area contributed by atoms with Gasteiger partial charge < -0.3 is 10.0 Å². The molecule has 0 unspecified atom stereocenters. The quantitative estimate of drug-likeness (QED) is 0.338. The van der Waals surface area contributed by atoms with E-state index in [-0.39, 0.29) is 11.5 Å². The van der Waals surface area contributed by atoms with E-state index >= 15 is 0 Å². The Balaban J connectivity index is 1.88. The van der Waals surface area contributed by atoms with Crippen molar-refractivity contribution in [3.63, 3.8) is 0 Å². The second-order valence-corrected chi connectivity index (χ2v) is 9.09. The Kier molecular flexibility index (Phi) is 6.65. The molecule has 0 aliphatic carbocycles. The normalized spacial score (nSPS) is 11.0. The zero-order valence-corrected chi connectivity index (χ0v) is 20.1. The first-order valence-corrected chi connectivity index (χ1v) is 11.6. The lowest BCUT2D eigenvalue weighted by Gasteiger charge is -2.14. The van der Waals surface area contributed by atoms with E-state index in [4.69, 9.17) is 28.3 Å². The molecular formula is C24H19Cl2N3O3S. The minimum atomic E-state index is -1.00. The molecule has 1 N–H and O–H groups in total. The second-order valence-electron chi connectivity index (χ2n) is 7.27. The van der Waals surface area contributed by atoms with Crippen molar-refractivity contribution in [1.82, 2.24) is 14.7 Å². The Hall–Kier alpha value is -3.00. The second kappa shape index (κ2) is 9.47. The molecule has 0 aliphatic rings. The molecule has 0 atom stereocenters. The number of carboxylic acids is 1. The van der Waals surface area contributed by atoms with Crippen LogP contribution in [0.1, 0.15) is 27.6 Å². The monoisotopic (exact) mass is 499 g/mol. The summed E-state index contributed by atoms with van der Waals surface area (Å²) in [4.78, 5) is 26.3. The van der Waals surface area contributed by atoms with Gasteiger partial charge in [-0.1, -0.05) is 41.0 Å². The molecule has 4 aromatic rings. The van der Waals surface area contributed by atoms with Gasteiger partial charge in [-0.3, -0.25) is 4.79 Å². The number of rotatable bonds is 6. The van der Waals surface area contributed by atoms with Gasteiger partial charge in [0.25, 0.3) is 5.91 Å². The van der Waals surface area contributed by atoms with Crippen molar-refractivity contribution in [1.29, 1.82) is 0 Å². The standard InChI is InChI=1S/C24H19Cl2N3O3S/c1-3-28(2)23(30)15-9-12-20-17(13-15)22(33-21-18(25)5-4-6-19(21)26)27-29(20)16-10-7-14(8-11-16)24(31)32/h4-13H,3H2,1-2H3,(H,31,32). The van der Waals surface area contributed by atoms with Crippen molar-refractivity contribution in [2.24, 2.45) is 0 Å². The van der Waals surface area contributed by atoms with Crippen molar-refractivity contribution in [2.75, 3.05) is 13.6 Å². The number of aromatic nitrogens is 2. The minimum absolute atomic E-state index is 0.0929. The smallest absolute Gasteiger partial charge is 0.335 e. The van der Waals surface area contributed by atoms with Gasteiger partial charge in [0, 0.05) is 24.5 Å². The molecule has 4 rings (SSSR count). The number of hydrogen-bond acceptors (Lipinski definition) is 4. The highest BCUT2D eigenvalue weighted by Crippen LogP contribution is 2.41. The number of halogens is 2. The first kappa shape index (κ1) is 23.2. The van der Waals surface area contributed by atoms with Crippen LogP contribution in [-0.4, -0.2) is 45.3 Å². The summed E-state index contributed by atoms with van der Waals surface area (Å²) in [6, 6.07) is 17.1. The molecule has 0 saturated heterocycles. The number of nitrogens with zero attached hydrogens (tertiary/aromatic N) is 3. The lowest BCUT2D eigenvalue weighted by Crippen LogP contribution is -2.26. The van der Waals surface area contributed by atoms with E-state index in [1.807, 2.05) is 19.1 Å². The van der Waals surface area contributed by atoms with Crippen LogP contribution in [0.15, 0.2) is 70.6 Å². The highest BCUT2D eigenvalue weighted by Gasteiger charge is 2.19. The Labute approximate surface area is 204 Å². The average Bonchev–Trinajstić information content (AvgIpc) is 3.18. The number of amides is 1. The van der Waals surface area contributed by atoms with Crippen molar-refractivity contribution < 1.29 is 14.7 Å². The zero-order chi connectivity index (χ0) is 23.7. The predicted octanol–water partition coefficient (Wildman–Crippen LogP) is 6.27. The number of fused-ring (bicyclic) bond motifs is 1. The number of carbonyl (C=O) groups excluding carboxylic acids is 1.